The van der Waals surface area contributed by atoms with Crippen LogP contribution in [0.25, 0.3) is 0 Å². The third-order valence-corrected chi connectivity index (χ3v) is 2.28. The summed E-state index contributed by atoms with van der Waals surface area (Å²) < 4.78 is 5.11. The van der Waals surface area contributed by atoms with E-state index in [4.69, 9.17) is 9.84 Å². The van der Waals surface area contributed by atoms with Crippen LogP contribution in [0, 0.1) is 6.92 Å². The number of carbonyl (C=O) groups excluding carboxylic acids is 1. The van der Waals surface area contributed by atoms with Gasteiger partial charge in [0.2, 0.25) is 0 Å². The van der Waals surface area contributed by atoms with Gasteiger partial charge in [-0.1, -0.05) is 0 Å². The molecule has 0 aliphatic rings. The Kier molecular flexibility index (Phi) is 4.79. The summed E-state index contributed by atoms with van der Waals surface area (Å²) in [7, 11) is 1.60. The molecule has 0 aromatic heterocycles. The minimum Gasteiger partial charge on any atom is -0.496 e. The quantitative estimate of drug-likeness (QED) is 0.735. The van der Waals surface area contributed by atoms with Gasteiger partial charge in [0.15, 0.2) is 0 Å². The number of aryl methyl sites for hydroxylation is 1. The minimum atomic E-state index is -0.126. The summed E-state index contributed by atoms with van der Waals surface area (Å²) in [6.45, 7) is 2.46. The first-order chi connectivity index (χ1) is 7.69. The van der Waals surface area contributed by atoms with Crippen LogP contribution in [0.3, 0.4) is 0 Å². The highest BCUT2D eigenvalue weighted by Crippen LogP contribution is 2.18. The Balaban J connectivity index is 2.66. The van der Waals surface area contributed by atoms with Crippen molar-refractivity contribution in [2.45, 2.75) is 13.3 Å². The molecule has 0 heterocycles. The summed E-state index contributed by atoms with van der Waals surface area (Å²) in [5.74, 6) is 0.645. The number of benzene rings is 1. The maximum Gasteiger partial charge on any atom is 0.251 e. The molecule has 0 spiro atoms. The largest absolute Gasteiger partial charge is 0.496 e. The Hall–Kier alpha value is -1.55. The molecular weight excluding hydrogens is 206 g/mol. The Labute approximate surface area is 95.2 Å². The predicted octanol–water partition coefficient (Wildman–Crippen LogP) is 1.12. The van der Waals surface area contributed by atoms with E-state index in [1.165, 1.54) is 0 Å². The Morgan fingerprint density at radius 2 is 2.25 bits per heavy atom. The number of ether oxygens (including phenoxy) is 1. The minimum absolute atomic E-state index is 0.0852. The molecule has 1 amide bonds. The van der Waals surface area contributed by atoms with Gasteiger partial charge in [0.05, 0.1) is 7.11 Å². The van der Waals surface area contributed by atoms with Crippen molar-refractivity contribution in [1.29, 1.82) is 0 Å². The molecule has 0 unspecified atom stereocenters. The molecule has 2 N–H and O–H groups in total. The average molecular weight is 223 g/mol. The first kappa shape index (κ1) is 12.5. The van der Waals surface area contributed by atoms with Gasteiger partial charge in [-0.05, 0) is 37.1 Å². The number of aliphatic hydroxyl groups excluding tert-OH is 1. The van der Waals surface area contributed by atoms with Crippen LogP contribution in [-0.4, -0.2) is 31.3 Å². The van der Waals surface area contributed by atoms with Gasteiger partial charge in [0.1, 0.15) is 5.75 Å². The van der Waals surface area contributed by atoms with E-state index in [0.29, 0.717) is 18.5 Å². The Bertz CT molecular complexity index is 363. The van der Waals surface area contributed by atoms with Gasteiger partial charge in [-0.25, -0.2) is 0 Å². The van der Waals surface area contributed by atoms with Crippen molar-refractivity contribution in [1.82, 2.24) is 5.32 Å². The standard InChI is InChI=1S/C12H17NO3/c1-9-8-10(4-5-11(9)16-2)12(15)13-6-3-7-14/h4-5,8,14H,3,6-7H2,1-2H3,(H,13,15). The number of carbonyl (C=O) groups is 1. The second kappa shape index (κ2) is 6.12. The number of aliphatic hydroxyl groups is 1. The molecule has 1 rings (SSSR count). The number of hydrogen-bond acceptors (Lipinski definition) is 3. The highest BCUT2D eigenvalue weighted by atomic mass is 16.5. The van der Waals surface area contributed by atoms with Crippen LogP contribution in [0.4, 0.5) is 0 Å². The van der Waals surface area contributed by atoms with Crippen LogP contribution in [0.2, 0.25) is 0 Å². The molecule has 0 fully saturated rings. The van der Waals surface area contributed by atoms with E-state index in [2.05, 4.69) is 5.32 Å². The molecule has 1 aromatic carbocycles. The van der Waals surface area contributed by atoms with Crippen LogP contribution in [-0.2, 0) is 0 Å². The van der Waals surface area contributed by atoms with Gasteiger partial charge in [0, 0.05) is 18.7 Å². The first-order valence-corrected chi connectivity index (χ1v) is 5.22. The van der Waals surface area contributed by atoms with Gasteiger partial charge < -0.3 is 15.2 Å². The van der Waals surface area contributed by atoms with Crippen molar-refractivity contribution >= 4 is 5.91 Å². The van der Waals surface area contributed by atoms with Gasteiger partial charge in [0.25, 0.3) is 5.91 Å². The zero-order valence-electron chi connectivity index (χ0n) is 9.62. The lowest BCUT2D eigenvalue weighted by Crippen LogP contribution is -2.25. The summed E-state index contributed by atoms with van der Waals surface area (Å²) in [4.78, 5) is 11.6. The van der Waals surface area contributed by atoms with E-state index >= 15 is 0 Å². The normalized spacial score (nSPS) is 9.94. The predicted molar refractivity (Wildman–Crippen MR) is 61.8 cm³/mol. The Morgan fingerprint density at radius 3 is 2.81 bits per heavy atom. The third kappa shape index (κ3) is 3.24. The molecular formula is C12H17NO3. The monoisotopic (exact) mass is 223 g/mol. The molecule has 0 radical (unpaired) electrons. The lowest BCUT2D eigenvalue weighted by atomic mass is 10.1. The van der Waals surface area contributed by atoms with Crippen LogP contribution in [0.15, 0.2) is 18.2 Å². The molecule has 4 nitrogen and oxygen atoms in total. The van der Waals surface area contributed by atoms with Crippen molar-refractivity contribution in [3.05, 3.63) is 29.3 Å². The highest BCUT2D eigenvalue weighted by molar-refractivity contribution is 5.94. The van der Waals surface area contributed by atoms with E-state index < -0.39 is 0 Å². The van der Waals surface area contributed by atoms with Gasteiger partial charge in [-0.3, -0.25) is 4.79 Å². The topological polar surface area (TPSA) is 58.6 Å². The lowest BCUT2D eigenvalue weighted by molar-refractivity contribution is 0.0951. The average Bonchev–Trinajstić information content (AvgIpc) is 2.29. The number of amides is 1. The molecule has 0 atom stereocenters. The van der Waals surface area contributed by atoms with E-state index in [1.54, 1.807) is 25.3 Å². The Morgan fingerprint density at radius 1 is 1.50 bits per heavy atom. The second-order valence-electron chi connectivity index (χ2n) is 3.52. The molecule has 0 aliphatic heterocycles. The van der Waals surface area contributed by atoms with Crippen LogP contribution in [0.5, 0.6) is 5.75 Å². The third-order valence-electron chi connectivity index (χ3n) is 2.28. The van der Waals surface area contributed by atoms with Crippen molar-refractivity contribution in [2.75, 3.05) is 20.3 Å². The van der Waals surface area contributed by atoms with E-state index in [0.717, 1.165) is 11.3 Å². The van der Waals surface area contributed by atoms with E-state index in [1.807, 2.05) is 6.92 Å². The first-order valence-electron chi connectivity index (χ1n) is 5.22. The summed E-state index contributed by atoms with van der Waals surface area (Å²) in [5.41, 5.74) is 1.54. The van der Waals surface area contributed by atoms with E-state index in [-0.39, 0.29) is 12.5 Å². The van der Waals surface area contributed by atoms with Crippen molar-refractivity contribution in [3.8, 4) is 5.75 Å². The van der Waals surface area contributed by atoms with Crippen molar-refractivity contribution in [2.24, 2.45) is 0 Å². The van der Waals surface area contributed by atoms with Gasteiger partial charge in [-0.2, -0.15) is 0 Å². The van der Waals surface area contributed by atoms with Crippen molar-refractivity contribution < 1.29 is 14.6 Å². The fourth-order valence-corrected chi connectivity index (χ4v) is 1.40. The molecule has 0 bridgehead atoms. The van der Waals surface area contributed by atoms with Gasteiger partial charge >= 0.3 is 0 Å². The molecule has 0 saturated carbocycles. The number of methoxy groups -OCH3 is 1. The van der Waals surface area contributed by atoms with Crippen LogP contribution >= 0.6 is 0 Å². The number of rotatable bonds is 5. The lowest BCUT2D eigenvalue weighted by Gasteiger charge is -2.07. The van der Waals surface area contributed by atoms with Crippen LogP contribution < -0.4 is 10.1 Å². The summed E-state index contributed by atoms with van der Waals surface area (Å²) >= 11 is 0. The maximum absolute atomic E-state index is 11.6. The number of nitrogens with one attached hydrogen (secondary N) is 1. The molecule has 4 heteroatoms. The van der Waals surface area contributed by atoms with Gasteiger partial charge in [-0.15, -0.1) is 0 Å². The summed E-state index contributed by atoms with van der Waals surface area (Å²) in [6.07, 6.45) is 0.570. The summed E-state index contributed by atoms with van der Waals surface area (Å²) in [6, 6.07) is 5.28. The highest BCUT2D eigenvalue weighted by Gasteiger charge is 2.06. The molecule has 88 valence electrons. The SMILES string of the molecule is COc1ccc(C(=O)NCCCO)cc1C. The van der Waals surface area contributed by atoms with Crippen molar-refractivity contribution in [3.63, 3.8) is 0 Å². The molecule has 0 saturated heterocycles. The fraction of sp³-hybridized carbons (Fsp3) is 0.417. The molecule has 16 heavy (non-hydrogen) atoms. The number of hydrogen-bond donors (Lipinski definition) is 2. The maximum atomic E-state index is 11.6. The van der Waals surface area contributed by atoms with E-state index in [9.17, 15) is 4.79 Å². The zero-order chi connectivity index (χ0) is 12.0. The summed E-state index contributed by atoms with van der Waals surface area (Å²) in [5, 5.41) is 11.3. The molecule has 1 aromatic rings. The zero-order valence-corrected chi connectivity index (χ0v) is 9.62. The smallest absolute Gasteiger partial charge is 0.251 e. The second-order valence-corrected chi connectivity index (χ2v) is 3.52. The molecule has 0 aliphatic carbocycles. The fourth-order valence-electron chi connectivity index (χ4n) is 1.40. The van der Waals surface area contributed by atoms with Crippen LogP contribution in [0.1, 0.15) is 22.3 Å².